The van der Waals surface area contributed by atoms with Crippen molar-refractivity contribution in [3.05, 3.63) is 68.2 Å². The maximum absolute atomic E-state index is 14.1. The van der Waals surface area contributed by atoms with Gasteiger partial charge in [0.05, 0.1) is 24.0 Å². The van der Waals surface area contributed by atoms with Gasteiger partial charge in [-0.15, -0.1) is 5.10 Å². The molecule has 1 heterocycles. The number of nitrogens with zero attached hydrogens (tertiary/aromatic N) is 4. The standard InChI is InChI=1S/C16H13FN4O4/c1-25-14-4-2-3-10(15(14)17)7-8-20-16(22)12-6-5-11(21(23)24)9-13(12)18-19-20/h2-6,9H,7-8H2,1H3. The summed E-state index contributed by atoms with van der Waals surface area (Å²) in [6, 6.07) is 8.53. The van der Waals surface area contributed by atoms with Crippen molar-refractivity contribution in [3.8, 4) is 5.75 Å². The summed E-state index contributed by atoms with van der Waals surface area (Å²) in [4.78, 5) is 22.6. The molecular weight excluding hydrogens is 331 g/mol. The fourth-order valence-corrected chi connectivity index (χ4v) is 2.46. The summed E-state index contributed by atoms with van der Waals surface area (Å²) in [5.41, 5.74) is -0.0829. The Morgan fingerprint density at radius 1 is 1.32 bits per heavy atom. The number of nitro benzene ring substituents is 1. The normalized spacial score (nSPS) is 10.8. The number of aromatic nitrogens is 3. The van der Waals surface area contributed by atoms with E-state index >= 15 is 0 Å². The molecule has 9 heteroatoms. The zero-order chi connectivity index (χ0) is 18.0. The Labute approximate surface area is 140 Å². The van der Waals surface area contributed by atoms with Crippen LogP contribution >= 0.6 is 0 Å². The Balaban J connectivity index is 1.90. The predicted molar refractivity (Wildman–Crippen MR) is 87.1 cm³/mol. The van der Waals surface area contributed by atoms with E-state index in [2.05, 4.69) is 10.3 Å². The number of benzene rings is 2. The molecule has 0 aliphatic carbocycles. The second kappa shape index (κ2) is 6.63. The van der Waals surface area contributed by atoms with Crippen molar-refractivity contribution in [3.63, 3.8) is 0 Å². The first kappa shape index (κ1) is 16.5. The van der Waals surface area contributed by atoms with Crippen LogP contribution in [0.5, 0.6) is 5.75 Å². The van der Waals surface area contributed by atoms with Gasteiger partial charge in [-0.25, -0.2) is 9.07 Å². The molecule has 3 rings (SSSR count). The van der Waals surface area contributed by atoms with E-state index in [1.165, 1.54) is 31.4 Å². The molecule has 0 aliphatic heterocycles. The largest absolute Gasteiger partial charge is 0.494 e. The van der Waals surface area contributed by atoms with Crippen molar-refractivity contribution in [2.45, 2.75) is 13.0 Å². The van der Waals surface area contributed by atoms with Crippen molar-refractivity contribution < 1.29 is 14.1 Å². The maximum atomic E-state index is 14.1. The molecule has 0 unspecified atom stereocenters. The number of fused-ring (bicyclic) bond motifs is 1. The lowest BCUT2D eigenvalue weighted by Gasteiger charge is -2.08. The topological polar surface area (TPSA) is 100 Å². The molecule has 0 saturated heterocycles. The Kier molecular flexibility index (Phi) is 4.38. The molecule has 0 fully saturated rings. The van der Waals surface area contributed by atoms with E-state index in [0.717, 1.165) is 4.68 Å². The van der Waals surface area contributed by atoms with Crippen molar-refractivity contribution in [2.24, 2.45) is 0 Å². The van der Waals surface area contributed by atoms with Crippen LogP contribution < -0.4 is 10.3 Å². The second-order valence-corrected chi connectivity index (χ2v) is 5.26. The number of nitro groups is 1. The Morgan fingerprint density at radius 2 is 2.12 bits per heavy atom. The Morgan fingerprint density at radius 3 is 2.84 bits per heavy atom. The number of hydrogen-bond donors (Lipinski definition) is 0. The molecule has 0 saturated carbocycles. The van der Waals surface area contributed by atoms with E-state index in [9.17, 15) is 19.3 Å². The quantitative estimate of drug-likeness (QED) is 0.519. The summed E-state index contributed by atoms with van der Waals surface area (Å²) >= 11 is 0. The van der Waals surface area contributed by atoms with E-state index in [4.69, 9.17) is 4.74 Å². The van der Waals surface area contributed by atoms with Crippen molar-refractivity contribution in [2.75, 3.05) is 7.11 Å². The number of methoxy groups -OCH3 is 1. The van der Waals surface area contributed by atoms with Crippen molar-refractivity contribution >= 4 is 16.6 Å². The molecule has 25 heavy (non-hydrogen) atoms. The van der Waals surface area contributed by atoms with Crippen LogP contribution in [0.4, 0.5) is 10.1 Å². The monoisotopic (exact) mass is 344 g/mol. The molecule has 0 spiro atoms. The molecule has 0 aliphatic rings. The zero-order valence-corrected chi connectivity index (χ0v) is 13.2. The molecular formula is C16H13FN4O4. The van der Waals surface area contributed by atoms with Crippen molar-refractivity contribution in [1.29, 1.82) is 0 Å². The number of halogens is 1. The van der Waals surface area contributed by atoms with Gasteiger partial charge in [0.2, 0.25) is 0 Å². The minimum Gasteiger partial charge on any atom is -0.494 e. The van der Waals surface area contributed by atoms with E-state index in [-0.39, 0.29) is 35.3 Å². The molecule has 0 atom stereocenters. The minimum absolute atomic E-state index is 0.114. The summed E-state index contributed by atoms with van der Waals surface area (Å²) < 4.78 is 20.2. The summed E-state index contributed by atoms with van der Waals surface area (Å²) in [5, 5.41) is 18.6. The molecule has 8 nitrogen and oxygen atoms in total. The third-order valence-electron chi connectivity index (χ3n) is 3.77. The molecule has 1 aromatic heterocycles. The highest BCUT2D eigenvalue weighted by atomic mass is 19.1. The van der Waals surface area contributed by atoms with Crippen LogP contribution in [0.2, 0.25) is 0 Å². The third kappa shape index (κ3) is 3.16. The highest BCUT2D eigenvalue weighted by Crippen LogP contribution is 2.20. The lowest BCUT2D eigenvalue weighted by atomic mass is 10.1. The molecule has 0 N–H and O–H groups in total. The van der Waals surface area contributed by atoms with E-state index in [1.54, 1.807) is 12.1 Å². The first-order chi connectivity index (χ1) is 12.0. The summed E-state index contributed by atoms with van der Waals surface area (Å²) in [6.07, 6.45) is 0.218. The summed E-state index contributed by atoms with van der Waals surface area (Å²) in [6.45, 7) is 0.114. The van der Waals surface area contributed by atoms with Gasteiger partial charge in [0.15, 0.2) is 11.6 Å². The lowest BCUT2D eigenvalue weighted by molar-refractivity contribution is -0.384. The van der Waals surface area contributed by atoms with Gasteiger partial charge in [0.25, 0.3) is 11.2 Å². The molecule has 2 aromatic carbocycles. The van der Waals surface area contributed by atoms with Crippen LogP contribution in [0, 0.1) is 15.9 Å². The highest BCUT2D eigenvalue weighted by Gasteiger charge is 2.13. The van der Waals surface area contributed by atoms with Crippen LogP contribution in [-0.4, -0.2) is 27.0 Å². The summed E-state index contributed by atoms with van der Waals surface area (Å²) in [7, 11) is 1.38. The third-order valence-corrected chi connectivity index (χ3v) is 3.77. The number of rotatable bonds is 5. The first-order valence-corrected chi connectivity index (χ1v) is 7.34. The molecule has 3 aromatic rings. The average molecular weight is 344 g/mol. The first-order valence-electron chi connectivity index (χ1n) is 7.34. The van der Waals surface area contributed by atoms with Gasteiger partial charge in [-0.05, 0) is 24.1 Å². The van der Waals surface area contributed by atoms with Crippen LogP contribution in [0.3, 0.4) is 0 Å². The van der Waals surface area contributed by atoms with Crippen LogP contribution in [0.1, 0.15) is 5.56 Å². The Hall–Kier alpha value is -3.36. The average Bonchev–Trinajstić information content (AvgIpc) is 2.62. The highest BCUT2D eigenvalue weighted by molar-refractivity contribution is 5.79. The van der Waals surface area contributed by atoms with Gasteiger partial charge in [-0.3, -0.25) is 14.9 Å². The van der Waals surface area contributed by atoms with Gasteiger partial charge >= 0.3 is 0 Å². The van der Waals surface area contributed by atoms with Gasteiger partial charge in [-0.2, -0.15) is 0 Å². The maximum Gasteiger partial charge on any atom is 0.277 e. The van der Waals surface area contributed by atoms with Gasteiger partial charge in [0.1, 0.15) is 5.52 Å². The van der Waals surface area contributed by atoms with Gasteiger partial charge in [-0.1, -0.05) is 17.3 Å². The number of aryl methyl sites for hydroxylation is 2. The fraction of sp³-hybridized carbons (Fsp3) is 0.188. The molecule has 0 amide bonds. The Bertz CT molecular complexity index is 1020. The van der Waals surface area contributed by atoms with E-state index in [1.807, 2.05) is 0 Å². The van der Waals surface area contributed by atoms with Crippen LogP contribution in [0.15, 0.2) is 41.2 Å². The van der Waals surface area contributed by atoms with Crippen molar-refractivity contribution in [1.82, 2.24) is 15.0 Å². The molecule has 0 bridgehead atoms. The number of non-ortho nitro benzene ring substituents is 1. The summed E-state index contributed by atoms with van der Waals surface area (Å²) in [5.74, 6) is -0.357. The van der Waals surface area contributed by atoms with Gasteiger partial charge < -0.3 is 4.74 Å². The smallest absolute Gasteiger partial charge is 0.277 e. The van der Waals surface area contributed by atoms with Crippen LogP contribution in [-0.2, 0) is 13.0 Å². The predicted octanol–water partition coefficient (Wildman–Crippen LogP) is 2.09. The SMILES string of the molecule is COc1cccc(CCn2nnc3cc([N+](=O)[O-])ccc3c2=O)c1F. The number of hydrogen-bond acceptors (Lipinski definition) is 6. The fourth-order valence-electron chi connectivity index (χ4n) is 2.46. The second-order valence-electron chi connectivity index (χ2n) is 5.26. The molecule has 0 radical (unpaired) electrons. The minimum atomic E-state index is -0.571. The molecule has 128 valence electrons. The lowest BCUT2D eigenvalue weighted by Crippen LogP contribution is -2.25. The van der Waals surface area contributed by atoms with Crippen LogP contribution in [0.25, 0.3) is 10.9 Å². The van der Waals surface area contributed by atoms with Gasteiger partial charge in [0, 0.05) is 12.1 Å². The van der Waals surface area contributed by atoms with E-state index < -0.39 is 16.3 Å². The zero-order valence-electron chi connectivity index (χ0n) is 13.2. The van der Waals surface area contributed by atoms with E-state index in [0.29, 0.717) is 5.56 Å². The number of ether oxygens (including phenoxy) is 1.